The van der Waals surface area contributed by atoms with Gasteiger partial charge in [-0.3, -0.25) is 9.36 Å². The van der Waals surface area contributed by atoms with E-state index in [9.17, 15) is 9.18 Å². The lowest BCUT2D eigenvalue weighted by Gasteiger charge is -2.06. The number of aromatic nitrogens is 2. The van der Waals surface area contributed by atoms with Gasteiger partial charge >= 0.3 is 5.97 Å². The molecule has 0 amide bonds. The Labute approximate surface area is 102 Å². The van der Waals surface area contributed by atoms with Crippen LogP contribution >= 0.6 is 0 Å². The van der Waals surface area contributed by atoms with Gasteiger partial charge in [0.2, 0.25) is 5.95 Å². The molecule has 0 radical (unpaired) electrons. The van der Waals surface area contributed by atoms with E-state index < -0.39 is 11.8 Å². The molecule has 1 aromatic heterocycles. The minimum absolute atomic E-state index is 0.0634. The van der Waals surface area contributed by atoms with Crippen molar-refractivity contribution in [3.05, 3.63) is 17.9 Å². The van der Waals surface area contributed by atoms with Crippen LogP contribution in [0.1, 0.15) is 0 Å². The predicted octanol–water partition coefficient (Wildman–Crippen LogP) is 0.939. The Morgan fingerprint density at radius 3 is 2.83 bits per heavy atom. The fourth-order valence-electron chi connectivity index (χ4n) is 1.66. The van der Waals surface area contributed by atoms with Crippen LogP contribution in [0, 0.1) is 5.82 Å². The quantitative estimate of drug-likeness (QED) is 0.823. The van der Waals surface area contributed by atoms with Crippen LogP contribution in [0.4, 0.5) is 10.3 Å². The number of ether oxygens (including phenoxy) is 2. The van der Waals surface area contributed by atoms with Crippen molar-refractivity contribution in [3.63, 3.8) is 0 Å². The lowest BCUT2D eigenvalue weighted by atomic mass is 10.3. The van der Waals surface area contributed by atoms with E-state index in [1.165, 1.54) is 30.9 Å². The lowest BCUT2D eigenvalue weighted by Crippen LogP contribution is -2.13. The van der Waals surface area contributed by atoms with Crippen LogP contribution in [-0.4, -0.2) is 29.7 Å². The highest BCUT2D eigenvalue weighted by Crippen LogP contribution is 2.26. The molecule has 18 heavy (non-hydrogen) atoms. The summed E-state index contributed by atoms with van der Waals surface area (Å²) in [6.07, 6.45) is 0. The van der Waals surface area contributed by atoms with Crippen LogP contribution in [0.25, 0.3) is 11.0 Å². The number of carbonyl (C=O) groups is 1. The van der Waals surface area contributed by atoms with Crippen LogP contribution in [0.3, 0.4) is 0 Å². The van der Waals surface area contributed by atoms with E-state index in [-0.39, 0.29) is 18.2 Å². The van der Waals surface area contributed by atoms with E-state index in [1.54, 1.807) is 0 Å². The maximum atomic E-state index is 13.5. The Bertz CT molecular complexity index is 609. The second-order valence-electron chi connectivity index (χ2n) is 3.61. The summed E-state index contributed by atoms with van der Waals surface area (Å²) in [4.78, 5) is 15.2. The Balaban J connectivity index is 2.58. The number of halogens is 1. The summed E-state index contributed by atoms with van der Waals surface area (Å²) in [5, 5.41) is 0. The molecule has 7 heteroatoms. The maximum Gasteiger partial charge on any atom is 0.325 e. The zero-order valence-electron chi connectivity index (χ0n) is 9.94. The number of carbonyl (C=O) groups excluding carboxylic acids is 1. The summed E-state index contributed by atoms with van der Waals surface area (Å²) in [6, 6.07) is 2.65. The zero-order valence-corrected chi connectivity index (χ0v) is 9.94. The van der Waals surface area contributed by atoms with Gasteiger partial charge in [0.15, 0.2) is 11.6 Å². The van der Waals surface area contributed by atoms with Crippen molar-refractivity contribution in [2.75, 3.05) is 20.0 Å². The SMILES string of the molecule is COC(=O)Cn1c(N)nc2cc(F)c(OC)cc21. The van der Waals surface area contributed by atoms with Crippen molar-refractivity contribution < 1.29 is 18.7 Å². The van der Waals surface area contributed by atoms with Gasteiger partial charge in [-0.1, -0.05) is 0 Å². The minimum Gasteiger partial charge on any atom is -0.494 e. The summed E-state index contributed by atoms with van der Waals surface area (Å²) in [6.45, 7) is -0.0897. The number of fused-ring (bicyclic) bond motifs is 1. The second kappa shape index (κ2) is 4.52. The van der Waals surface area contributed by atoms with Gasteiger partial charge in [-0.05, 0) is 0 Å². The Morgan fingerprint density at radius 1 is 1.50 bits per heavy atom. The van der Waals surface area contributed by atoms with Gasteiger partial charge in [0, 0.05) is 12.1 Å². The molecule has 0 fully saturated rings. The van der Waals surface area contributed by atoms with E-state index in [4.69, 9.17) is 10.5 Å². The molecule has 0 spiro atoms. The zero-order chi connectivity index (χ0) is 13.3. The first-order valence-electron chi connectivity index (χ1n) is 5.13. The van der Waals surface area contributed by atoms with E-state index in [1.807, 2.05) is 0 Å². The van der Waals surface area contributed by atoms with Crippen molar-refractivity contribution in [3.8, 4) is 5.75 Å². The molecule has 0 bridgehead atoms. The third kappa shape index (κ3) is 1.94. The topological polar surface area (TPSA) is 79.4 Å². The van der Waals surface area contributed by atoms with Gasteiger partial charge in [-0.15, -0.1) is 0 Å². The molecular weight excluding hydrogens is 241 g/mol. The average Bonchev–Trinajstić information content (AvgIpc) is 2.64. The monoisotopic (exact) mass is 253 g/mol. The largest absolute Gasteiger partial charge is 0.494 e. The van der Waals surface area contributed by atoms with Gasteiger partial charge in [0.05, 0.1) is 25.3 Å². The van der Waals surface area contributed by atoms with Crippen molar-refractivity contribution in [1.29, 1.82) is 0 Å². The van der Waals surface area contributed by atoms with Crippen molar-refractivity contribution in [1.82, 2.24) is 9.55 Å². The highest BCUT2D eigenvalue weighted by molar-refractivity contribution is 5.82. The smallest absolute Gasteiger partial charge is 0.325 e. The first-order chi connectivity index (χ1) is 8.56. The average molecular weight is 253 g/mol. The van der Waals surface area contributed by atoms with Gasteiger partial charge in [0.25, 0.3) is 0 Å². The molecule has 0 atom stereocenters. The molecule has 0 aliphatic heterocycles. The molecule has 1 heterocycles. The van der Waals surface area contributed by atoms with E-state index in [2.05, 4.69) is 9.72 Å². The van der Waals surface area contributed by atoms with Gasteiger partial charge < -0.3 is 15.2 Å². The van der Waals surface area contributed by atoms with Gasteiger partial charge in [-0.2, -0.15) is 0 Å². The number of hydrogen-bond donors (Lipinski definition) is 1. The molecule has 0 aliphatic rings. The van der Waals surface area contributed by atoms with Crippen molar-refractivity contribution >= 4 is 23.0 Å². The Kier molecular flexibility index (Phi) is 3.05. The molecule has 2 N–H and O–H groups in total. The molecule has 0 saturated carbocycles. The van der Waals surface area contributed by atoms with Crippen LogP contribution in [0.2, 0.25) is 0 Å². The lowest BCUT2D eigenvalue weighted by molar-refractivity contribution is -0.141. The maximum absolute atomic E-state index is 13.5. The Hall–Kier alpha value is -2.31. The molecular formula is C11H12FN3O3. The first kappa shape index (κ1) is 12.2. The molecule has 2 aromatic rings. The number of hydrogen-bond acceptors (Lipinski definition) is 5. The summed E-state index contributed by atoms with van der Waals surface area (Å²) in [5.41, 5.74) is 6.55. The molecule has 96 valence electrons. The first-order valence-corrected chi connectivity index (χ1v) is 5.13. The van der Waals surface area contributed by atoms with Crippen molar-refractivity contribution in [2.45, 2.75) is 6.54 Å². The van der Waals surface area contributed by atoms with E-state index >= 15 is 0 Å². The number of rotatable bonds is 3. The molecule has 1 aromatic carbocycles. The van der Waals surface area contributed by atoms with Crippen LogP contribution in [0.15, 0.2) is 12.1 Å². The van der Waals surface area contributed by atoms with E-state index in [0.717, 1.165) is 0 Å². The van der Waals surface area contributed by atoms with Crippen LogP contribution < -0.4 is 10.5 Å². The standard InChI is InChI=1S/C11H12FN3O3/c1-17-9-4-8-7(3-6(9)12)14-11(13)15(8)5-10(16)18-2/h3-4H,5H2,1-2H3,(H2,13,14). The number of esters is 1. The van der Waals surface area contributed by atoms with Crippen LogP contribution in [-0.2, 0) is 16.1 Å². The Morgan fingerprint density at radius 2 is 2.22 bits per heavy atom. The fourth-order valence-corrected chi connectivity index (χ4v) is 1.66. The summed E-state index contributed by atoms with van der Waals surface area (Å²) >= 11 is 0. The number of imidazole rings is 1. The number of nitrogen functional groups attached to an aromatic ring is 1. The predicted molar refractivity (Wildman–Crippen MR) is 62.7 cm³/mol. The number of nitrogens with zero attached hydrogens (tertiary/aromatic N) is 2. The van der Waals surface area contributed by atoms with Crippen LogP contribution in [0.5, 0.6) is 5.75 Å². The van der Waals surface area contributed by atoms with Gasteiger partial charge in [0.1, 0.15) is 6.54 Å². The summed E-state index contributed by atoms with van der Waals surface area (Å²) in [7, 11) is 2.63. The second-order valence-corrected chi connectivity index (χ2v) is 3.61. The third-order valence-corrected chi connectivity index (χ3v) is 2.57. The molecule has 0 unspecified atom stereocenters. The number of benzene rings is 1. The molecule has 0 aliphatic carbocycles. The number of methoxy groups -OCH3 is 2. The summed E-state index contributed by atoms with van der Waals surface area (Å²) in [5.74, 6) is -0.825. The fraction of sp³-hybridized carbons (Fsp3) is 0.273. The van der Waals surface area contributed by atoms with E-state index in [0.29, 0.717) is 11.0 Å². The normalized spacial score (nSPS) is 10.6. The molecule has 2 rings (SSSR count). The molecule has 0 saturated heterocycles. The summed E-state index contributed by atoms with van der Waals surface area (Å²) < 4.78 is 24.4. The molecule has 6 nitrogen and oxygen atoms in total. The number of nitrogens with two attached hydrogens (primary N) is 1. The van der Waals surface area contributed by atoms with Gasteiger partial charge in [-0.25, -0.2) is 9.37 Å². The highest BCUT2D eigenvalue weighted by Gasteiger charge is 2.15. The third-order valence-electron chi connectivity index (χ3n) is 2.57. The number of anilines is 1. The van der Waals surface area contributed by atoms with Crippen molar-refractivity contribution in [2.24, 2.45) is 0 Å². The highest BCUT2D eigenvalue weighted by atomic mass is 19.1. The minimum atomic E-state index is -0.535.